The van der Waals surface area contributed by atoms with Crippen LogP contribution in [0.15, 0.2) is 27.5 Å². The van der Waals surface area contributed by atoms with Gasteiger partial charge in [0, 0.05) is 5.56 Å². The zero-order chi connectivity index (χ0) is 18.1. The standard InChI is InChI=1S/C14H8F5N3O3/c15-6-2-1-5(11-9(6)22-14(23)25-11)7-3-20-13(24-4-8(16)17)10(21-7)12(18)19/h1-3,8,12H,4H2,(H,22,23). The van der Waals surface area contributed by atoms with Gasteiger partial charge in [-0.05, 0) is 12.1 Å². The van der Waals surface area contributed by atoms with Crippen LogP contribution in [0.1, 0.15) is 12.1 Å². The largest absolute Gasteiger partial charge is 0.470 e. The van der Waals surface area contributed by atoms with Gasteiger partial charge in [-0.2, -0.15) is 0 Å². The molecular weight excluding hydrogens is 353 g/mol. The fourth-order valence-corrected chi connectivity index (χ4v) is 2.12. The minimum Gasteiger partial charge on any atom is -0.470 e. The molecule has 6 nitrogen and oxygen atoms in total. The van der Waals surface area contributed by atoms with Crippen molar-refractivity contribution in [2.24, 2.45) is 0 Å². The number of hydrogen-bond donors (Lipinski definition) is 1. The number of ether oxygens (including phenoxy) is 1. The normalized spacial score (nSPS) is 11.6. The summed E-state index contributed by atoms with van der Waals surface area (Å²) in [5.41, 5.74) is -1.62. The lowest BCUT2D eigenvalue weighted by Gasteiger charge is -2.10. The second-order valence-electron chi connectivity index (χ2n) is 4.76. The summed E-state index contributed by atoms with van der Waals surface area (Å²) in [5, 5.41) is 0. The summed E-state index contributed by atoms with van der Waals surface area (Å²) in [6, 6.07) is 2.14. The number of rotatable bonds is 5. The summed E-state index contributed by atoms with van der Waals surface area (Å²) >= 11 is 0. The fraction of sp³-hybridized carbons (Fsp3) is 0.214. The van der Waals surface area contributed by atoms with Crippen LogP contribution in [0.5, 0.6) is 5.88 Å². The van der Waals surface area contributed by atoms with Crippen LogP contribution in [-0.4, -0.2) is 28.0 Å². The molecule has 0 aliphatic rings. The number of fused-ring (bicyclic) bond motifs is 1. The number of nitrogens with one attached hydrogen (secondary N) is 1. The van der Waals surface area contributed by atoms with Crippen molar-refractivity contribution in [1.82, 2.24) is 15.0 Å². The van der Waals surface area contributed by atoms with Gasteiger partial charge in [-0.25, -0.2) is 36.7 Å². The molecule has 2 heterocycles. The maximum absolute atomic E-state index is 13.7. The minimum atomic E-state index is -3.16. The Kier molecular flexibility index (Phi) is 4.38. The third-order valence-corrected chi connectivity index (χ3v) is 3.12. The van der Waals surface area contributed by atoms with Crippen molar-refractivity contribution >= 4 is 11.1 Å². The molecule has 0 aliphatic carbocycles. The predicted octanol–water partition coefficient (Wildman–Crippen LogP) is 3.30. The smallest absolute Gasteiger partial charge is 0.417 e. The van der Waals surface area contributed by atoms with Gasteiger partial charge >= 0.3 is 5.76 Å². The van der Waals surface area contributed by atoms with Gasteiger partial charge in [0.25, 0.3) is 12.9 Å². The Morgan fingerprint density at radius 3 is 2.68 bits per heavy atom. The van der Waals surface area contributed by atoms with E-state index in [1.807, 2.05) is 0 Å². The highest BCUT2D eigenvalue weighted by Crippen LogP contribution is 2.31. The summed E-state index contributed by atoms with van der Waals surface area (Å²) in [6.07, 6.45) is -5.07. The molecule has 0 unspecified atom stereocenters. The highest BCUT2D eigenvalue weighted by Gasteiger charge is 2.22. The number of aromatic nitrogens is 3. The van der Waals surface area contributed by atoms with E-state index in [1.54, 1.807) is 0 Å². The highest BCUT2D eigenvalue weighted by molar-refractivity contribution is 5.89. The number of alkyl halides is 4. The summed E-state index contributed by atoms with van der Waals surface area (Å²) < 4.78 is 73.6. The molecule has 3 rings (SSSR count). The van der Waals surface area contributed by atoms with Crippen molar-refractivity contribution in [2.75, 3.05) is 6.61 Å². The third kappa shape index (κ3) is 3.30. The summed E-state index contributed by atoms with van der Waals surface area (Å²) in [4.78, 5) is 20.6. The molecule has 0 saturated carbocycles. The van der Waals surface area contributed by atoms with E-state index in [4.69, 9.17) is 4.42 Å². The van der Waals surface area contributed by atoms with E-state index in [-0.39, 0.29) is 22.4 Å². The molecule has 1 N–H and O–H groups in total. The van der Waals surface area contributed by atoms with E-state index in [9.17, 15) is 26.7 Å². The van der Waals surface area contributed by atoms with Crippen LogP contribution in [0.3, 0.4) is 0 Å². The first-order valence-corrected chi connectivity index (χ1v) is 6.74. The van der Waals surface area contributed by atoms with Crippen LogP contribution in [-0.2, 0) is 0 Å². The Hall–Kier alpha value is -2.98. The number of H-pyrrole nitrogens is 1. The molecular formula is C14H8F5N3O3. The lowest BCUT2D eigenvalue weighted by molar-refractivity contribution is 0.0736. The molecule has 0 spiro atoms. The van der Waals surface area contributed by atoms with Gasteiger partial charge in [-0.1, -0.05) is 0 Å². The van der Waals surface area contributed by atoms with Crippen molar-refractivity contribution in [3.8, 4) is 17.1 Å². The quantitative estimate of drug-likeness (QED) is 0.706. The molecule has 1 aromatic carbocycles. The number of halogens is 5. The van der Waals surface area contributed by atoms with Crippen molar-refractivity contribution in [3.63, 3.8) is 0 Å². The first-order chi connectivity index (χ1) is 11.9. The van der Waals surface area contributed by atoms with Gasteiger partial charge in [0.15, 0.2) is 23.7 Å². The molecule has 0 atom stereocenters. The summed E-state index contributed by atoms with van der Waals surface area (Å²) in [6.45, 7) is -1.12. The van der Waals surface area contributed by atoms with Crippen LogP contribution in [0.4, 0.5) is 22.0 Å². The topological polar surface area (TPSA) is 81.0 Å². The Bertz CT molecular complexity index is 970. The van der Waals surface area contributed by atoms with Crippen molar-refractivity contribution < 1.29 is 31.1 Å². The van der Waals surface area contributed by atoms with Crippen molar-refractivity contribution in [3.05, 3.63) is 40.4 Å². The Balaban J connectivity index is 2.11. The average Bonchev–Trinajstić information content (AvgIpc) is 2.95. The first kappa shape index (κ1) is 16.9. The molecule has 132 valence electrons. The number of oxazole rings is 1. The molecule has 25 heavy (non-hydrogen) atoms. The number of aromatic amines is 1. The molecule has 0 aliphatic heterocycles. The van der Waals surface area contributed by atoms with Gasteiger partial charge < -0.3 is 9.15 Å². The van der Waals surface area contributed by atoms with Crippen LogP contribution in [0, 0.1) is 5.82 Å². The molecule has 0 saturated heterocycles. The zero-order valence-corrected chi connectivity index (χ0v) is 12.1. The number of hydrogen-bond acceptors (Lipinski definition) is 5. The molecule has 3 aromatic rings. The Labute approximate surface area is 135 Å². The first-order valence-electron chi connectivity index (χ1n) is 6.74. The molecule has 0 radical (unpaired) electrons. The monoisotopic (exact) mass is 361 g/mol. The maximum Gasteiger partial charge on any atom is 0.417 e. The summed E-state index contributed by atoms with van der Waals surface area (Å²) in [7, 11) is 0. The van der Waals surface area contributed by atoms with Crippen molar-refractivity contribution in [2.45, 2.75) is 12.9 Å². The van der Waals surface area contributed by atoms with E-state index in [0.29, 0.717) is 0 Å². The van der Waals surface area contributed by atoms with E-state index >= 15 is 0 Å². The van der Waals surface area contributed by atoms with Gasteiger partial charge in [-0.15, -0.1) is 0 Å². The lowest BCUT2D eigenvalue weighted by Crippen LogP contribution is -2.11. The fourth-order valence-electron chi connectivity index (χ4n) is 2.12. The van der Waals surface area contributed by atoms with E-state index in [0.717, 1.165) is 18.3 Å². The van der Waals surface area contributed by atoms with Gasteiger partial charge in [-0.3, -0.25) is 4.98 Å². The maximum atomic E-state index is 13.7. The number of nitrogens with zero attached hydrogens (tertiary/aromatic N) is 2. The van der Waals surface area contributed by atoms with E-state index in [1.165, 1.54) is 0 Å². The molecule has 11 heteroatoms. The third-order valence-electron chi connectivity index (χ3n) is 3.12. The van der Waals surface area contributed by atoms with E-state index in [2.05, 4.69) is 19.7 Å². The summed E-state index contributed by atoms with van der Waals surface area (Å²) in [5.74, 6) is -2.48. The van der Waals surface area contributed by atoms with Crippen LogP contribution >= 0.6 is 0 Å². The Morgan fingerprint density at radius 2 is 2.00 bits per heavy atom. The highest BCUT2D eigenvalue weighted by atomic mass is 19.3. The van der Waals surface area contributed by atoms with Crippen molar-refractivity contribution in [1.29, 1.82) is 0 Å². The Morgan fingerprint density at radius 1 is 1.24 bits per heavy atom. The molecule has 0 bridgehead atoms. The van der Waals surface area contributed by atoms with Crippen LogP contribution in [0.2, 0.25) is 0 Å². The predicted molar refractivity (Wildman–Crippen MR) is 74.3 cm³/mol. The second kappa shape index (κ2) is 6.49. The molecule has 2 aromatic heterocycles. The minimum absolute atomic E-state index is 0.0181. The average molecular weight is 361 g/mol. The molecule has 0 amide bonds. The molecule has 0 fully saturated rings. The van der Waals surface area contributed by atoms with Gasteiger partial charge in [0.1, 0.15) is 5.52 Å². The van der Waals surface area contributed by atoms with Crippen LogP contribution in [0.25, 0.3) is 22.4 Å². The zero-order valence-electron chi connectivity index (χ0n) is 12.1. The van der Waals surface area contributed by atoms with Gasteiger partial charge in [0.05, 0.1) is 11.9 Å². The SMILES string of the molecule is O=c1[nH]c2c(F)ccc(-c3cnc(OCC(F)F)c(C(F)F)n3)c2o1. The number of benzene rings is 1. The second-order valence-corrected chi connectivity index (χ2v) is 4.76. The van der Waals surface area contributed by atoms with E-state index < -0.39 is 42.6 Å². The van der Waals surface area contributed by atoms with Gasteiger partial charge in [0.2, 0.25) is 5.88 Å². The lowest BCUT2D eigenvalue weighted by atomic mass is 10.1. The van der Waals surface area contributed by atoms with Crippen LogP contribution < -0.4 is 10.5 Å².